The van der Waals surface area contributed by atoms with E-state index in [1.807, 2.05) is 6.07 Å². The zero-order chi connectivity index (χ0) is 17.8. The van der Waals surface area contributed by atoms with E-state index in [0.717, 1.165) is 36.0 Å². The summed E-state index contributed by atoms with van der Waals surface area (Å²) in [5.74, 6) is 0.533. The topological polar surface area (TPSA) is 50.4 Å². The van der Waals surface area contributed by atoms with E-state index in [4.69, 9.17) is 17.0 Å². The number of hydrogen-bond donors (Lipinski definition) is 2. The summed E-state index contributed by atoms with van der Waals surface area (Å²) in [5, 5.41) is 6.07. The van der Waals surface area contributed by atoms with Crippen molar-refractivity contribution in [2.75, 3.05) is 13.2 Å². The minimum absolute atomic E-state index is 0.223. The van der Waals surface area contributed by atoms with Gasteiger partial charge in [0.05, 0.1) is 11.1 Å². The van der Waals surface area contributed by atoms with Gasteiger partial charge >= 0.3 is 0 Å². The quantitative estimate of drug-likeness (QED) is 0.425. The molecule has 1 aromatic carbocycles. The number of nitrogens with one attached hydrogen (secondary N) is 2. The molecule has 134 valence electrons. The fourth-order valence-electron chi connectivity index (χ4n) is 2.07. The van der Waals surface area contributed by atoms with Gasteiger partial charge in [-0.1, -0.05) is 39.5 Å². The summed E-state index contributed by atoms with van der Waals surface area (Å²) in [6.07, 6.45) is 6.76. The number of ether oxygens (including phenoxy) is 1. The van der Waals surface area contributed by atoms with Gasteiger partial charge in [0.1, 0.15) is 5.75 Å². The van der Waals surface area contributed by atoms with E-state index in [2.05, 4.69) is 40.4 Å². The molecule has 0 saturated heterocycles. The van der Waals surface area contributed by atoms with Gasteiger partial charge in [-0.15, -0.1) is 0 Å². The van der Waals surface area contributed by atoms with Crippen molar-refractivity contribution in [3.8, 4) is 5.75 Å². The summed E-state index contributed by atoms with van der Waals surface area (Å²) >= 11 is 8.58. The molecule has 1 rings (SSSR count). The number of carbonyl (C=O) groups is 1. The maximum Gasteiger partial charge on any atom is 0.257 e. The normalized spacial score (nSPS) is 10.3. The lowest BCUT2D eigenvalue weighted by molar-refractivity contribution is 0.0976. The van der Waals surface area contributed by atoms with Crippen molar-refractivity contribution in [3.05, 3.63) is 28.2 Å². The first-order chi connectivity index (χ1) is 11.6. The first-order valence-corrected chi connectivity index (χ1v) is 9.80. The average molecular weight is 415 g/mol. The fraction of sp³-hybridized carbons (Fsp3) is 0.556. The first-order valence-electron chi connectivity index (χ1n) is 8.60. The Morgan fingerprint density at radius 1 is 1.17 bits per heavy atom. The summed E-state index contributed by atoms with van der Waals surface area (Å²) in [4.78, 5) is 12.2. The Morgan fingerprint density at radius 2 is 1.92 bits per heavy atom. The number of benzene rings is 1. The van der Waals surface area contributed by atoms with Crippen LogP contribution in [0.5, 0.6) is 5.75 Å². The van der Waals surface area contributed by atoms with Crippen LogP contribution in [0, 0.1) is 0 Å². The standard InChI is InChI=1S/C18H27BrN2O2S/c1-3-5-7-8-12-23-16-10-9-14(13-15(16)19)17(22)21-18(24)20-11-6-4-2/h9-10,13H,3-8,11-12H2,1-2H3,(H2,20,21,22,24). The van der Waals surface area contributed by atoms with Crippen molar-refractivity contribution in [1.29, 1.82) is 0 Å². The third kappa shape index (κ3) is 8.11. The molecule has 0 aliphatic rings. The molecule has 2 N–H and O–H groups in total. The second-order valence-corrected chi connectivity index (χ2v) is 6.88. The molecule has 1 amide bonds. The Labute approximate surface area is 158 Å². The number of amides is 1. The lowest BCUT2D eigenvalue weighted by Gasteiger charge is -2.11. The molecule has 0 saturated carbocycles. The van der Waals surface area contributed by atoms with Crippen molar-refractivity contribution in [3.63, 3.8) is 0 Å². The van der Waals surface area contributed by atoms with Gasteiger partial charge in [0.2, 0.25) is 0 Å². The maximum atomic E-state index is 12.2. The molecular weight excluding hydrogens is 388 g/mol. The van der Waals surface area contributed by atoms with Crippen LogP contribution in [0.3, 0.4) is 0 Å². The molecule has 6 heteroatoms. The third-order valence-electron chi connectivity index (χ3n) is 3.49. The van der Waals surface area contributed by atoms with Crippen molar-refractivity contribution < 1.29 is 9.53 Å². The van der Waals surface area contributed by atoms with Crippen LogP contribution >= 0.6 is 28.1 Å². The summed E-state index contributed by atoms with van der Waals surface area (Å²) in [6.45, 7) is 5.75. The highest BCUT2D eigenvalue weighted by Crippen LogP contribution is 2.26. The van der Waals surface area contributed by atoms with Gasteiger partial charge in [0, 0.05) is 12.1 Å². The Bertz CT molecular complexity index is 538. The monoisotopic (exact) mass is 414 g/mol. The molecule has 0 spiro atoms. The molecule has 0 unspecified atom stereocenters. The number of halogens is 1. The first kappa shape index (κ1) is 20.9. The van der Waals surface area contributed by atoms with E-state index in [1.165, 1.54) is 19.3 Å². The molecule has 0 fully saturated rings. The zero-order valence-corrected chi connectivity index (χ0v) is 16.9. The second kappa shape index (κ2) is 12.3. The Kier molecular flexibility index (Phi) is 10.7. The van der Waals surface area contributed by atoms with Crippen molar-refractivity contribution in [2.45, 2.75) is 52.4 Å². The van der Waals surface area contributed by atoms with Crippen LogP contribution in [0.1, 0.15) is 62.7 Å². The minimum Gasteiger partial charge on any atom is -0.492 e. The predicted molar refractivity (Wildman–Crippen MR) is 107 cm³/mol. The van der Waals surface area contributed by atoms with Crippen molar-refractivity contribution in [1.82, 2.24) is 10.6 Å². The number of hydrogen-bond acceptors (Lipinski definition) is 3. The van der Waals surface area contributed by atoms with Gasteiger partial charge < -0.3 is 10.1 Å². The van der Waals surface area contributed by atoms with E-state index >= 15 is 0 Å². The summed E-state index contributed by atoms with van der Waals surface area (Å²) < 4.78 is 6.52. The predicted octanol–water partition coefficient (Wildman–Crippen LogP) is 4.81. The lowest BCUT2D eigenvalue weighted by Crippen LogP contribution is -2.39. The molecule has 0 aromatic heterocycles. The van der Waals surface area contributed by atoms with Crippen LogP contribution in [0.15, 0.2) is 22.7 Å². The van der Waals surface area contributed by atoms with Crippen LogP contribution < -0.4 is 15.4 Å². The highest BCUT2D eigenvalue weighted by atomic mass is 79.9. The molecule has 0 aliphatic heterocycles. The lowest BCUT2D eigenvalue weighted by atomic mass is 10.2. The molecule has 0 atom stereocenters. The largest absolute Gasteiger partial charge is 0.492 e. The number of rotatable bonds is 10. The van der Waals surface area contributed by atoms with Gasteiger partial charge in [0.25, 0.3) is 5.91 Å². The van der Waals surface area contributed by atoms with E-state index in [-0.39, 0.29) is 5.91 Å². The van der Waals surface area contributed by atoms with Crippen LogP contribution in [0.25, 0.3) is 0 Å². The van der Waals surface area contributed by atoms with E-state index in [1.54, 1.807) is 12.1 Å². The molecule has 0 aliphatic carbocycles. The molecule has 24 heavy (non-hydrogen) atoms. The van der Waals surface area contributed by atoms with Gasteiger partial charge in [0.15, 0.2) is 5.11 Å². The van der Waals surface area contributed by atoms with Gasteiger partial charge in [-0.2, -0.15) is 0 Å². The highest BCUT2D eigenvalue weighted by molar-refractivity contribution is 9.10. The smallest absolute Gasteiger partial charge is 0.257 e. The van der Waals surface area contributed by atoms with Crippen molar-refractivity contribution >= 4 is 39.2 Å². The molecule has 4 nitrogen and oxygen atoms in total. The zero-order valence-electron chi connectivity index (χ0n) is 14.5. The molecule has 1 aromatic rings. The van der Waals surface area contributed by atoms with E-state index in [0.29, 0.717) is 17.3 Å². The molecule has 0 radical (unpaired) electrons. The molecular formula is C18H27BrN2O2S. The minimum atomic E-state index is -0.223. The fourth-order valence-corrected chi connectivity index (χ4v) is 2.76. The van der Waals surface area contributed by atoms with Crippen LogP contribution in [-0.4, -0.2) is 24.2 Å². The molecule has 0 bridgehead atoms. The van der Waals surface area contributed by atoms with Crippen LogP contribution in [-0.2, 0) is 0 Å². The Balaban J connectivity index is 2.47. The van der Waals surface area contributed by atoms with E-state index in [9.17, 15) is 4.79 Å². The van der Waals surface area contributed by atoms with Gasteiger partial charge in [-0.05, 0) is 59.2 Å². The second-order valence-electron chi connectivity index (χ2n) is 5.62. The van der Waals surface area contributed by atoms with Crippen molar-refractivity contribution in [2.24, 2.45) is 0 Å². The Morgan fingerprint density at radius 3 is 2.58 bits per heavy atom. The van der Waals surface area contributed by atoms with Crippen LogP contribution in [0.2, 0.25) is 0 Å². The number of unbranched alkanes of at least 4 members (excludes halogenated alkanes) is 4. The third-order valence-corrected chi connectivity index (χ3v) is 4.36. The maximum absolute atomic E-state index is 12.2. The molecule has 0 heterocycles. The summed E-state index contributed by atoms with van der Waals surface area (Å²) in [7, 11) is 0. The number of carbonyl (C=O) groups excluding carboxylic acids is 1. The van der Waals surface area contributed by atoms with E-state index < -0.39 is 0 Å². The van der Waals surface area contributed by atoms with Crippen LogP contribution in [0.4, 0.5) is 0 Å². The van der Waals surface area contributed by atoms with Gasteiger partial charge in [-0.3, -0.25) is 10.1 Å². The highest BCUT2D eigenvalue weighted by Gasteiger charge is 2.10. The summed E-state index contributed by atoms with van der Waals surface area (Å²) in [6, 6.07) is 5.31. The summed E-state index contributed by atoms with van der Waals surface area (Å²) in [5.41, 5.74) is 0.542. The Hall–Kier alpha value is -1.14. The van der Waals surface area contributed by atoms with Gasteiger partial charge in [-0.25, -0.2) is 0 Å². The number of thiocarbonyl (C=S) groups is 1. The average Bonchev–Trinajstić information content (AvgIpc) is 2.56. The SMILES string of the molecule is CCCCCCOc1ccc(C(=O)NC(=S)NCCCC)cc1Br.